The minimum atomic E-state index is -4.12. The van der Waals surface area contributed by atoms with Gasteiger partial charge in [-0.2, -0.15) is 4.39 Å². The molecule has 0 aromatic heterocycles. The van der Waals surface area contributed by atoms with Crippen LogP contribution in [0, 0.1) is 15.9 Å². The highest BCUT2D eigenvalue weighted by molar-refractivity contribution is 7.89. The van der Waals surface area contributed by atoms with Crippen molar-refractivity contribution in [3.05, 3.63) is 34.1 Å². The molecule has 2 N–H and O–H groups in total. The number of benzene rings is 1. The zero-order valence-electron chi connectivity index (χ0n) is 9.71. The van der Waals surface area contributed by atoms with E-state index in [0.29, 0.717) is 12.1 Å². The number of rotatable bonds is 5. The second kappa shape index (κ2) is 5.71. The fourth-order valence-corrected chi connectivity index (χ4v) is 2.13. The monoisotopic (exact) mass is 291 g/mol. The summed E-state index contributed by atoms with van der Waals surface area (Å²) < 4.78 is 38.4. The fraction of sp³-hybridized carbons (Fsp3) is 0.222. The predicted octanol–water partition coefficient (Wildman–Crippen LogP) is -0.242. The Balaban J connectivity index is 3.05. The average Bonchev–Trinajstić information content (AvgIpc) is 2.35. The van der Waals surface area contributed by atoms with Crippen LogP contribution in [0.5, 0.6) is 0 Å². The number of nitro groups is 1. The number of halogens is 1. The van der Waals surface area contributed by atoms with Crippen LogP contribution >= 0.6 is 0 Å². The Kier molecular flexibility index (Phi) is 4.51. The zero-order valence-corrected chi connectivity index (χ0v) is 10.5. The maximum absolute atomic E-state index is 13.1. The molecule has 0 atom stereocenters. The van der Waals surface area contributed by atoms with Crippen LogP contribution in [-0.4, -0.2) is 32.8 Å². The van der Waals surface area contributed by atoms with Gasteiger partial charge in [0.15, 0.2) is 0 Å². The van der Waals surface area contributed by atoms with E-state index >= 15 is 0 Å². The molecule has 10 heteroatoms. The summed E-state index contributed by atoms with van der Waals surface area (Å²) in [7, 11) is -2.80. The maximum atomic E-state index is 13.1. The molecule has 1 amide bonds. The molecule has 1 aromatic rings. The Morgan fingerprint density at radius 2 is 2.11 bits per heavy atom. The Bertz CT molecular complexity index is 616. The van der Waals surface area contributed by atoms with Gasteiger partial charge in [0.25, 0.3) is 0 Å². The molecule has 1 aromatic carbocycles. The molecule has 0 unspecified atom stereocenters. The summed E-state index contributed by atoms with van der Waals surface area (Å²) in [4.78, 5) is 19.9. The van der Waals surface area contributed by atoms with Gasteiger partial charge in [0, 0.05) is 13.1 Å². The third-order valence-electron chi connectivity index (χ3n) is 2.13. The van der Waals surface area contributed by atoms with Gasteiger partial charge in [0.2, 0.25) is 21.7 Å². The molecule has 0 saturated carbocycles. The first-order chi connectivity index (χ1) is 8.77. The van der Waals surface area contributed by atoms with Crippen molar-refractivity contribution in [2.45, 2.75) is 4.90 Å². The average molecular weight is 291 g/mol. The van der Waals surface area contributed by atoms with Crippen LogP contribution in [0.1, 0.15) is 0 Å². The number of nitrogens with zero attached hydrogens (tertiary/aromatic N) is 1. The highest BCUT2D eigenvalue weighted by atomic mass is 32.2. The lowest BCUT2D eigenvalue weighted by atomic mass is 10.3. The first-order valence-corrected chi connectivity index (χ1v) is 6.40. The lowest BCUT2D eigenvalue weighted by molar-refractivity contribution is -0.387. The van der Waals surface area contributed by atoms with Crippen molar-refractivity contribution < 1.29 is 22.5 Å². The van der Waals surface area contributed by atoms with E-state index in [4.69, 9.17) is 0 Å². The van der Waals surface area contributed by atoms with E-state index in [1.54, 1.807) is 0 Å². The SMILES string of the molecule is CNC(=O)CNS(=O)(=O)c1ccc(F)c([N+](=O)[O-])c1. The second-order valence-electron chi connectivity index (χ2n) is 3.37. The number of sulfonamides is 1. The van der Waals surface area contributed by atoms with Crippen molar-refractivity contribution >= 4 is 21.6 Å². The summed E-state index contributed by atoms with van der Waals surface area (Å²) in [6.45, 7) is -0.524. The molecule has 19 heavy (non-hydrogen) atoms. The molecule has 0 aliphatic heterocycles. The van der Waals surface area contributed by atoms with Gasteiger partial charge in [-0.05, 0) is 12.1 Å². The number of nitrogens with one attached hydrogen (secondary N) is 2. The minimum Gasteiger partial charge on any atom is -0.358 e. The summed E-state index contributed by atoms with van der Waals surface area (Å²) in [5.74, 6) is -1.73. The topological polar surface area (TPSA) is 118 Å². The number of amides is 1. The molecule has 0 spiro atoms. The van der Waals surface area contributed by atoms with E-state index < -0.39 is 43.8 Å². The van der Waals surface area contributed by atoms with Crippen LogP contribution < -0.4 is 10.0 Å². The number of carbonyl (C=O) groups excluding carboxylic acids is 1. The highest BCUT2D eigenvalue weighted by Crippen LogP contribution is 2.21. The van der Waals surface area contributed by atoms with E-state index in [-0.39, 0.29) is 0 Å². The Hall–Kier alpha value is -2.07. The van der Waals surface area contributed by atoms with Gasteiger partial charge in [-0.1, -0.05) is 0 Å². The number of hydrogen-bond donors (Lipinski definition) is 2. The van der Waals surface area contributed by atoms with Crippen LogP contribution in [-0.2, 0) is 14.8 Å². The summed E-state index contributed by atoms with van der Waals surface area (Å²) >= 11 is 0. The molecule has 0 radical (unpaired) electrons. The third kappa shape index (κ3) is 3.69. The summed E-state index contributed by atoms with van der Waals surface area (Å²) in [6, 6.07) is 2.13. The molecule has 8 nitrogen and oxygen atoms in total. The van der Waals surface area contributed by atoms with Gasteiger partial charge in [-0.3, -0.25) is 14.9 Å². The lowest BCUT2D eigenvalue weighted by Crippen LogP contribution is -2.35. The second-order valence-corrected chi connectivity index (χ2v) is 5.14. The van der Waals surface area contributed by atoms with Crippen molar-refractivity contribution in [1.82, 2.24) is 10.0 Å². The largest absolute Gasteiger partial charge is 0.358 e. The molecule has 0 heterocycles. The number of carbonyl (C=O) groups is 1. The summed E-state index contributed by atoms with van der Waals surface area (Å²) in [6.07, 6.45) is 0. The summed E-state index contributed by atoms with van der Waals surface area (Å²) in [5.41, 5.74) is -0.956. The molecular weight excluding hydrogens is 281 g/mol. The van der Waals surface area contributed by atoms with Crippen molar-refractivity contribution in [2.24, 2.45) is 0 Å². The van der Waals surface area contributed by atoms with Gasteiger partial charge in [0.1, 0.15) is 0 Å². The van der Waals surface area contributed by atoms with Crippen molar-refractivity contribution in [3.8, 4) is 0 Å². The van der Waals surface area contributed by atoms with E-state index in [1.165, 1.54) is 7.05 Å². The first kappa shape index (κ1) is 15.0. The van der Waals surface area contributed by atoms with Crippen LogP contribution in [0.3, 0.4) is 0 Å². The number of nitro benzene ring substituents is 1. The third-order valence-corrected chi connectivity index (χ3v) is 3.53. The van der Waals surface area contributed by atoms with E-state index in [1.807, 2.05) is 4.72 Å². The summed E-state index contributed by atoms with van der Waals surface area (Å²) in [5, 5.41) is 12.7. The van der Waals surface area contributed by atoms with Crippen LogP contribution in [0.2, 0.25) is 0 Å². The highest BCUT2D eigenvalue weighted by Gasteiger charge is 2.21. The van der Waals surface area contributed by atoms with Gasteiger partial charge >= 0.3 is 5.69 Å². The van der Waals surface area contributed by atoms with Crippen molar-refractivity contribution in [1.29, 1.82) is 0 Å². The molecule has 0 aliphatic carbocycles. The van der Waals surface area contributed by atoms with Crippen LogP contribution in [0.4, 0.5) is 10.1 Å². The Labute approximate surface area is 107 Å². The van der Waals surface area contributed by atoms with Gasteiger partial charge < -0.3 is 5.32 Å². The van der Waals surface area contributed by atoms with E-state index in [9.17, 15) is 27.7 Å². The normalized spacial score (nSPS) is 11.1. The Morgan fingerprint density at radius 3 is 2.63 bits per heavy atom. The van der Waals surface area contributed by atoms with Gasteiger partial charge in [-0.25, -0.2) is 13.1 Å². The van der Waals surface area contributed by atoms with E-state index in [0.717, 1.165) is 6.07 Å². The molecule has 0 bridgehead atoms. The fourth-order valence-electron chi connectivity index (χ4n) is 1.13. The van der Waals surface area contributed by atoms with Crippen molar-refractivity contribution in [3.63, 3.8) is 0 Å². The molecule has 0 fully saturated rings. The predicted molar refractivity (Wildman–Crippen MR) is 62.3 cm³/mol. The quantitative estimate of drug-likeness (QED) is 0.573. The first-order valence-electron chi connectivity index (χ1n) is 4.92. The van der Waals surface area contributed by atoms with E-state index in [2.05, 4.69) is 5.32 Å². The Morgan fingerprint density at radius 1 is 1.47 bits per heavy atom. The molecular formula is C9H10FN3O5S. The van der Waals surface area contributed by atoms with Gasteiger partial charge in [-0.15, -0.1) is 0 Å². The number of likely N-dealkylation sites (N-methyl/N-ethyl adjacent to an activating group) is 1. The van der Waals surface area contributed by atoms with Crippen LogP contribution in [0.25, 0.3) is 0 Å². The minimum absolute atomic E-state index is 0.496. The molecule has 0 saturated heterocycles. The standard InChI is InChI=1S/C9H10FN3O5S/c1-11-9(14)5-12-19(17,18)6-2-3-7(10)8(4-6)13(15)16/h2-4,12H,5H2,1H3,(H,11,14). The molecule has 1 rings (SSSR count). The molecule has 104 valence electrons. The van der Waals surface area contributed by atoms with Crippen LogP contribution in [0.15, 0.2) is 23.1 Å². The number of hydrogen-bond acceptors (Lipinski definition) is 5. The zero-order chi connectivity index (χ0) is 14.6. The molecule has 0 aliphatic rings. The van der Waals surface area contributed by atoms with Gasteiger partial charge in [0.05, 0.1) is 16.4 Å². The lowest BCUT2D eigenvalue weighted by Gasteiger charge is -2.06. The maximum Gasteiger partial charge on any atom is 0.306 e. The smallest absolute Gasteiger partial charge is 0.306 e. The van der Waals surface area contributed by atoms with Crippen molar-refractivity contribution in [2.75, 3.05) is 13.6 Å².